The number of thiazole rings is 1. The van der Waals surface area contributed by atoms with Crippen LogP contribution in [0, 0.1) is 0 Å². The van der Waals surface area contributed by atoms with Crippen LogP contribution in [-0.2, 0) is 0 Å². The van der Waals surface area contributed by atoms with E-state index in [1.165, 1.54) is 19.3 Å². The summed E-state index contributed by atoms with van der Waals surface area (Å²) >= 11 is 1.60. The fraction of sp³-hybridized carbons (Fsp3) is 0.316. The van der Waals surface area contributed by atoms with E-state index in [0.717, 1.165) is 46.0 Å². The SMILES string of the molecule is NCCCCCCNc1ccc(-c2nc3ccc(O)cc3s2)cc1. The Bertz CT molecular complexity index is 783. The Morgan fingerprint density at radius 2 is 1.79 bits per heavy atom. The molecule has 0 unspecified atom stereocenters. The maximum Gasteiger partial charge on any atom is 0.124 e. The minimum Gasteiger partial charge on any atom is -0.508 e. The maximum atomic E-state index is 9.56. The second-order valence-electron chi connectivity index (χ2n) is 5.88. The molecule has 3 rings (SSSR count). The van der Waals surface area contributed by atoms with Crippen LogP contribution < -0.4 is 11.1 Å². The maximum absolute atomic E-state index is 9.56. The van der Waals surface area contributed by atoms with Crippen LogP contribution in [-0.4, -0.2) is 23.2 Å². The Labute approximate surface area is 146 Å². The van der Waals surface area contributed by atoms with Gasteiger partial charge in [0.05, 0.1) is 10.2 Å². The summed E-state index contributed by atoms with van der Waals surface area (Å²) in [5.74, 6) is 0.281. The fourth-order valence-corrected chi connectivity index (χ4v) is 3.63. The van der Waals surface area contributed by atoms with Crippen LogP contribution in [0.5, 0.6) is 5.75 Å². The lowest BCUT2D eigenvalue weighted by molar-refractivity contribution is 0.476. The van der Waals surface area contributed by atoms with E-state index in [2.05, 4.69) is 34.6 Å². The van der Waals surface area contributed by atoms with Crippen molar-refractivity contribution < 1.29 is 5.11 Å². The molecule has 0 saturated heterocycles. The molecule has 4 N–H and O–H groups in total. The van der Waals surface area contributed by atoms with Crippen molar-refractivity contribution in [1.29, 1.82) is 0 Å². The van der Waals surface area contributed by atoms with Crippen molar-refractivity contribution in [3.8, 4) is 16.3 Å². The second-order valence-corrected chi connectivity index (χ2v) is 6.91. The number of anilines is 1. The van der Waals surface area contributed by atoms with Crippen molar-refractivity contribution in [3.63, 3.8) is 0 Å². The monoisotopic (exact) mass is 341 g/mol. The highest BCUT2D eigenvalue weighted by atomic mass is 32.1. The number of rotatable bonds is 8. The summed E-state index contributed by atoms with van der Waals surface area (Å²) in [6, 6.07) is 13.7. The zero-order valence-corrected chi connectivity index (χ0v) is 14.5. The molecule has 0 spiro atoms. The van der Waals surface area contributed by atoms with Crippen LogP contribution in [0.25, 0.3) is 20.8 Å². The van der Waals surface area contributed by atoms with Gasteiger partial charge in [-0.1, -0.05) is 12.8 Å². The number of nitrogens with one attached hydrogen (secondary N) is 1. The molecular weight excluding hydrogens is 318 g/mol. The number of phenols is 1. The Balaban J connectivity index is 1.59. The summed E-state index contributed by atoms with van der Waals surface area (Å²) in [5.41, 5.74) is 8.66. The van der Waals surface area contributed by atoms with E-state index < -0.39 is 0 Å². The molecule has 0 saturated carbocycles. The molecule has 1 aromatic heterocycles. The molecule has 1 heterocycles. The van der Waals surface area contributed by atoms with Crippen molar-refractivity contribution in [2.45, 2.75) is 25.7 Å². The molecule has 0 radical (unpaired) electrons. The van der Waals surface area contributed by atoms with Crippen LogP contribution in [0.4, 0.5) is 5.69 Å². The van der Waals surface area contributed by atoms with Gasteiger partial charge in [-0.15, -0.1) is 11.3 Å². The number of aromatic hydroxyl groups is 1. The lowest BCUT2D eigenvalue weighted by atomic mass is 10.2. The van der Waals surface area contributed by atoms with Gasteiger partial charge in [0.2, 0.25) is 0 Å². The molecule has 0 aliphatic heterocycles. The highest BCUT2D eigenvalue weighted by Gasteiger charge is 2.07. The quantitative estimate of drug-likeness (QED) is 0.524. The molecule has 5 heteroatoms. The Kier molecular flexibility index (Phi) is 5.67. The van der Waals surface area contributed by atoms with E-state index in [0.29, 0.717) is 0 Å². The largest absolute Gasteiger partial charge is 0.508 e. The third kappa shape index (κ3) is 4.24. The Morgan fingerprint density at radius 1 is 1.00 bits per heavy atom. The number of hydrogen-bond acceptors (Lipinski definition) is 5. The van der Waals surface area contributed by atoms with Gasteiger partial charge in [0.25, 0.3) is 0 Å². The molecule has 2 aromatic carbocycles. The predicted octanol–water partition coefficient (Wildman–Crippen LogP) is 4.60. The topological polar surface area (TPSA) is 71.2 Å². The summed E-state index contributed by atoms with van der Waals surface area (Å²) in [5, 5.41) is 14.0. The van der Waals surface area contributed by atoms with E-state index in [1.54, 1.807) is 23.5 Å². The zero-order chi connectivity index (χ0) is 16.8. The fourth-order valence-electron chi connectivity index (χ4n) is 2.62. The van der Waals surface area contributed by atoms with Crippen molar-refractivity contribution in [1.82, 2.24) is 4.98 Å². The van der Waals surface area contributed by atoms with Gasteiger partial charge in [0.1, 0.15) is 10.8 Å². The molecule has 0 atom stereocenters. The number of benzene rings is 2. The average Bonchev–Trinajstić information content (AvgIpc) is 3.01. The van der Waals surface area contributed by atoms with Crippen LogP contribution in [0.3, 0.4) is 0 Å². The normalized spacial score (nSPS) is 11.0. The Hall–Kier alpha value is -2.11. The number of fused-ring (bicyclic) bond motifs is 1. The van der Waals surface area contributed by atoms with Crippen LogP contribution in [0.1, 0.15) is 25.7 Å². The van der Waals surface area contributed by atoms with Crippen molar-refractivity contribution in [3.05, 3.63) is 42.5 Å². The van der Waals surface area contributed by atoms with Gasteiger partial charge in [-0.05, 0) is 61.9 Å². The minimum atomic E-state index is 0.281. The van der Waals surface area contributed by atoms with Crippen molar-refractivity contribution in [2.24, 2.45) is 5.73 Å². The van der Waals surface area contributed by atoms with Crippen molar-refractivity contribution in [2.75, 3.05) is 18.4 Å². The first-order chi connectivity index (χ1) is 11.8. The first-order valence-corrected chi connectivity index (χ1v) is 9.22. The van der Waals surface area contributed by atoms with Gasteiger partial charge < -0.3 is 16.2 Å². The second kappa shape index (κ2) is 8.13. The van der Waals surface area contributed by atoms with Gasteiger partial charge in [0.15, 0.2) is 0 Å². The van der Waals surface area contributed by atoms with Crippen LogP contribution in [0.2, 0.25) is 0 Å². The third-order valence-corrected chi connectivity index (χ3v) is 5.03. The predicted molar refractivity (Wildman–Crippen MR) is 103 cm³/mol. The molecule has 0 bridgehead atoms. The van der Waals surface area contributed by atoms with Crippen LogP contribution >= 0.6 is 11.3 Å². The molecule has 126 valence electrons. The molecule has 0 fully saturated rings. The summed E-state index contributed by atoms with van der Waals surface area (Å²) in [4.78, 5) is 4.63. The van der Waals surface area contributed by atoms with E-state index in [4.69, 9.17) is 5.73 Å². The van der Waals surface area contributed by atoms with Gasteiger partial charge >= 0.3 is 0 Å². The smallest absolute Gasteiger partial charge is 0.124 e. The van der Waals surface area contributed by atoms with Gasteiger partial charge in [-0.25, -0.2) is 4.98 Å². The molecule has 0 aliphatic carbocycles. The molecule has 3 aromatic rings. The summed E-state index contributed by atoms with van der Waals surface area (Å²) < 4.78 is 1.00. The molecular formula is C19H23N3OS. The first kappa shape index (κ1) is 16.7. The van der Waals surface area contributed by atoms with Gasteiger partial charge in [-0.2, -0.15) is 0 Å². The minimum absolute atomic E-state index is 0.281. The number of aromatic nitrogens is 1. The lowest BCUT2D eigenvalue weighted by Gasteiger charge is -2.06. The van der Waals surface area contributed by atoms with E-state index >= 15 is 0 Å². The number of nitrogens with zero attached hydrogens (tertiary/aromatic N) is 1. The number of phenolic OH excluding ortho intramolecular Hbond substituents is 1. The van der Waals surface area contributed by atoms with Gasteiger partial charge in [0, 0.05) is 17.8 Å². The molecule has 0 aliphatic rings. The summed E-state index contributed by atoms with van der Waals surface area (Å²) in [6.07, 6.45) is 4.73. The lowest BCUT2D eigenvalue weighted by Crippen LogP contribution is -2.02. The third-order valence-electron chi connectivity index (χ3n) is 3.96. The molecule has 4 nitrogen and oxygen atoms in total. The highest BCUT2D eigenvalue weighted by molar-refractivity contribution is 7.21. The number of unbranched alkanes of at least 4 members (excludes halogenated alkanes) is 3. The van der Waals surface area contributed by atoms with E-state index in [1.807, 2.05) is 6.07 Å². The number of nitrogens with two attached hydrogens (primary N) is 1. The first-order valence-electron chi connectivity index (χ1n) is 8.40. The van der Waals surface area contributed by atoms with Crippen LogP contribution in [0.15, 0.2) is 42.5 Å². The van der Waals surface area contributed by atoms with E-state index in [9.17, 15) is 5.11 Å². The average molecular weight is 341 g/mol. The van der Waals surface area contributed by atoms with Crippen molar-refractivity contribution >= 4 is 27.2 Å². The Morgan fingerprint density at radius 3 is 2.58 bits per heavy atom. The number of hydrogen-bond donors (Lipinski definition) is 3. The summed E-state index contributed by atoms with van der Waals surface area (Å²) in [7, 11) is 0. The molecule has 24 heavy (non-hydrogen) atoms. The summed E-state index contributed by atoms with van der Waals surface area (Å²) in [6.45, 7) is 1.78. The zero-order valence-electron chi connectivity index (χ0n) is 13.7. The molecule has 0 amide bonds. The van der Waals surface area contributed by atoms with Gasteiger partial charge in [-0.3, -0.25) is 0 Å². The standard InChI is InChI=1S/C19H23N3OS/c20-11-3-1-2-4-12-21-15-7-5-14(6-8-15)19-22-17-10-9-16(23)13-18(17)24-19/h5-10,13,21,23H,1-4,11-12,20H2. The highest BCUT2D eigenvalue weighted by Crippen LogP contribution is 2.32. The van der Waals surface area contributed by atoms with E-state index in [-0.39, 0.29) is 5.75 Å².